The van der Waals surface area contributed by atoms with Crippen LogP contribution in [0, 0.1) is 0 Å². The topological polar surface area (TPSA) is 51.8 Å². The number of aromatic nitrogens is 3. The second kappa shape index (κ2) is 14.5. The van der Waals surface area contributed by atoms with E-state index in [-0.39, 0.29) is 0 Å². The van der Waals surface area contributed by atoms with E-state index in [0.717, 1.165) is 60.9 Å². The maximum absolute atomic E-state index is 6.71. The van der Waals surface area contributed by atoms with E-state index in [0.29, 0.717) is 17.5 Å². The average molecular weight is 792 g/mol. The predicted octanol–water partition coefficient (Wildman–Crippen LogP) is 14.5. The largest absolute Gasteiger partial charge is 0.456 e. The number of hydrogen-bond acceptors (Lipinski definition) is 4. The predicted molar refractivity (Wildman–Crippen MR) is 252 cm³/mol. The van der Waals surface area contributed by atoms with Crippen molar-refractivity contribution in [1.82, 2.24) is 15.0 Å². The molecule has 0 atom stereocenters. The molecular weight excluding hydrogens is 755 g/mol. The van der Waals surface area contributed by atoms with E-state index in [4.69, 9.17) is 19.4 Å². The van der Waals surface area contributed by atoms with Crippen molar-refractivity contribution >= 4 is 21.9 Å². The van der Waals surface area contributed by atoms with Crippen molar-refractivity contribution in [3.8, 4) is 67.5 Å². The summed E-state index contributed by atoms with van der Waals surface area (Å²) in [4.78, 5) is 14.9. The zero-order chi connectivity index (χ0) is 41.0. The van der Waals surface area contributed by atoms with Crippen LogP contribution in [0.1, 0.15) is 22.3 Å². The molecule has 9 aromatic carbocycles. The van der Waals surface area contributed by atoms with Crippen LogP contribution in [0.2, 0.25) is 0 Å². The van der Waals surface area contributed by atoms with Crippen molar-refractivity contribution in [2.24, 2.45) is 0 Å². The lowest BCUT2D eigenvalue weighted by Gasteiger charge is -2.33. The lowest BCUT2D eigenvalue weighted by Crippen LogP contribution is -2.28. The molecule has 0 amide bonds. The third-order valence-corrected chi connectivity index (χ3v) is 12.4. The molecule has 0 aliphatic heterocycles. The normalized spacial score (nSPS) is 12.6. The van der Waals surface area contributed by atoms with Crippen LogP contribution in [0.3, 0.4) is 0 Å². The molecule has 4 nitrogen and oxygen atoms in total. The van der Waals surface area contributed by atoms with Gasteiger partial charge in [-0.2, -0.15) is 0 Å². The summed E-state index contributed by atoms with van der Waals surface area (Å²) in [6.07, 6.45) is 0. The van der Waals surface area contributed by atoms with E-state index in [1.807, 2.05) is 60.7 Å². The highest BCUT2D eigenvalue weighted by atomic mass is 16.3. The number of hydrogen-bond donors (Lipinski definition) is 0. The molecule has 0 fully saturated rings. The fourth-order valence-corrected chi connectivity index (χ4v) is 9.56. The van der Waals surface area contributed by atoms with Crippen LogP contribution in [0.15, 0.2) is 229 Å². The van der Waals surface area contributed by atoms with Gasteiger partial charge in [-0.3, -0.25) is 0 Å². The Labute approximate surface area is 359 Å². The second-order valence-electron chi connectivity index (χ2n) is 15.9. The van der Waals surface area contributed by atoms with Crippen LogP contribution in [0.4, 0.5) is 0 Å². The van der Waals surface area contributed by atoms with Crippen molar-refractivity contribution in [1.29, 1.82) is 0 Å². The van der Waals surface area contributed by atoms with Gasteiger partial charge in [0.15, 0.2) is 17.5 Å². The quantitative estimate of drug-likeness (QED) is 0.161. The first-order chi connectivity index (χ1) is 30.7. The molecule has 0 radical (unpaired) electrons. The van der Waals surface area contributed by atoms with Crippen LogP contribution in [0.5, 0.6) is 0 Å². The van der Waals surface area contributed by atoms with Gasteiger partial charge in [-0.05, 0) is 86.0 Å². The van der Waals surface area contributed by atoms with Gasteiger partial charge in [0.2, 0.25) is 0 Å². The molecule has 0 saturated heterocycles. The smallest absolute Gasteiger partial charge is 0.164 e. The zero-order valence-electron chi connectivity index (χ0n) is 33.6. The molecule has 0 N–H and O–H groups in total. The first kappa shape index (κ1) is 35.7. The highest BCUT2D eigenvalue weighted by Crippen LogP contribution is 2.56. The lowest BCUT2D eigenvalue weighted by atomic mass is 9.67. The molecule has 11 aromatic rings. The Kier molecular flexibility index (Phi) is 8.36. The monoisotopic (exact) mass is 791 g/mol. The lowest BCUT2D eigenvalue weighted by molar-refractivity contribution is 0.665. The summed E-state index contributed by atoms with van der Waals surface area (Å²) in [5.41, 5.74) is 16.1. The van der Waals surface area contributed by atoms with Gasteiger partial charge >= 0.3 is 0 Å². The minimum absolute atomic E-state index is 0.484. The van der Waals surface area contributed by atoms with E-state index < -0.39 is 5.41 Å². The van der Waals surface area contributed by atoms with Gasteiger partial charge < -0.3 is 4.42 Å². The van der Waals surface area contributed by atoms with Gasteiger partial charge in [0.25, 0.3) is 0 Å². The second-order valence-corrected chi connectivity index (χ2v) is 15.9. The number of furan rings is 1. The Morgan fingerprint density at radius 1 is 0.290 bits per heavy atom. The zero-order valence-corrected chi connectivity index (χ0v) is 33.6. The van der Waals surface area contributed by atoms with Crippen molar-refractivity contribution in [3.63, 3.8) is 0 Å². The van der Waals surface area contributed by atoms with Gasteiger partial charge in [0.05, 0.1) is 5.41 Å². The molecule has 0 bridgehead atoms. The first-order valence-electron chi connectivity index (χ1n) is 21.0. The molecule has 1 aliphatic carbocycles. The van der Waals surface area contributed by atoms with Crippen molar-refractivity contribution in [3.05, 3.63) is 247 Å². The Morgan fingerprint density at radius 2 is 0.758 bits per heavy atom. The summed E-state index contributed by atoms with van der Waals surface area (Å²) in [5, 5.41) is 2.19. The summed E-state index contributed by atoms with van der Waals surface area (Å²) in [5.74, 6) is 1.92. The third kappa shape index (κ3) is 5.80. The SMILES string of the molecule is c1ccc(-c2nc(-c3ccccc3)nc(-c3cccc(-c4cccc(-c5ccc6oc7cc(C8(c9ccccc9)c9ccccc9-c9ccccc98)ccc7c6c5)c4)c3)n2)cc1. The van der Waals surface area contributed by atoms with E-state index in [2.05, 4.69) is 164 Å². The standard InChI is InChI=1S/C58H37N3O/c1-4-16-38(17-5-1)55-59-56(39-18-6-2-7-19-39)61-57(60-55)44-23-15-22-42(35-44)40-20-14-21-41(34-40)43-30-33-53-50(36-43)49-32-31-46(37-54(49)62-53)58(45-24-8-3-9-25-45)51-28-12-10-26-47(51)48-27-11-13-29-52(48)58/h1-37H. The molecule has 1 aliphatic rings. The molecule has 290 valence electrons. The molecule has 12 rings (SSSR count). The van der Waals surface area contributed by atoms with Crippen molar-refractivity contribution in [2.45, 2.75) is 5.41 Å². The third-order valence-electron chi connectivity index (χ3n) is 12.4. The van der Waals surface area contributed by atoms with Crippen LogP contribution in [-0.2, 0) is 5.41 Å². The van der Waals surface area contributed by atoms with Gasteiger partial charge in [0.1, 0.15) is 11.2 Å². The average Bonchev–Trinajstić information content (AvgIpc) is 3.88. The molecule has 4 heteroatoms. The Hall–Kier alpha value is -8.21. The maximum Gasteiger partial charge on any atom is 0.164 e. The Bertz CT molecular complexity index is 3360. The number of rotatable bonds is 7. The highest BCUT2D eigenvalue weighted by molar-refractivity contribution is 6.07. The van der Waals surface area contributed by atoms with E-state index in [1.54, 1.807) is 0 Å². The minimum atomic E-state index is -0.484. The summed E-state index contributed by atoms with van der Waals surface area (Å²) in [6, 6.07) is 79.3. The van der Waals surface area contributed by atoms with E-state index in [1.165, 1.54) is 33.4 Å². The van der Waals surface area contributed by atoms with Gasteiger partial charge in [0, 0.05) is 27.5 Å². The summed E-state index contributed by atoms with van der Waals surface area (Å²) >= 11 is 0. The molecule has 2 heterocycles. The van der Waals surface area contributed by atoms with Gasteiger partial charge in [-0.15, -0.1) is 0 Å². The highest BCUT2D eigenvalue weighted by Gasteiger charge is 2.46. The van der Waals surface area contributed by atoms with Crippen LogP contribution >= 0.6 is 0 Å². The summed E-state index contributed by atoms with van der Waals surface area (Å²) < 4.78 is 6.71. The minimum Gasteiger partial charge on any atom is -0.456 e. The van der Waals surface area contributed by atoms with Gasteiger partial charge in [-0.1, -0.05) is 194 Å². The van der Waals surface area contributed by atoms with Crippen molar-refractivity contribution < 1.29 is 4.42 Å². The Balaban J connectivity index is 0.925. The maximum atomic E-state index is 6.71. The van der Waals surface area contributed by atoms with Crippen LogP contribution in [-0.4, -0.2) is 15.0 Å². The fourth-order valence-electron chi connectivity index (χ4n) is 9.56. The van der Waals surface area contributed by atoms with Crippen LogP contribution < -0.4 is 0 Å². The van der Waals surface area contributed by atoms with E-state index >= 15 is 0 Å². The molecule has 62 heavy (non-hydrogen) atoms. The molecular formula is C58H37N3O. The van der Waals surface area contributed by atoms with Crippen LogP contribution in [0.25, 0.3) is 89.5 Å². The van der Waals surface area contributed by atoms with Gasteiger partial charge in [-0.25, -0.2) is 15.0 Å². The number of nitrogens with zero attached hydrogens (tertiary/aromatic N) is 3. The van der Waals surface area contributed by atoms with Crippen molar-refractivity contribution in [2.75, 3.05) is 0 Å². The molecule has 0 spiro atoms. The first-order valence-corrected chi connectivity index (χ1v) is 21.0. The Morgan fingerprint density at radius 3 is 1.35 bits per heavy atom. The number of benzene rings is 9. The summed E-state index contributed by atoms with van der Waals surface area (Å²) in [7, 11) is 0. The van der Waals surface area contributed by atoms with E-state index in [9.17, 15) is 0 Å². The fraction of sp³-hybridized carbons (Fsp3) is 0.0172. The molecule has 0 saturated carbocycles. The molecule has 2 aromatic heterocycles. The molecule has 0 unspecified atom stereocenters. The number of fused-ring (bicyclic) bond motifs is 6. The summed E-state index contributed by atoms with van der Waals surface area (Å²) in [6.45, 7) is 0.